The molecule has 0 rings (SSSR count). The summed E-state index contributed by atoms with van der Waals surface area (Å²) in [5.41, 5.74) is 0. The van der Waals surface area contributed by atoms with Crippen molar-refractivity contribution in [1.29, 1.82) is 0 Å². The molecule has 0 aromatic rings. The zero-order chi connectivity index (χ0) is 21.0. The Morgan fingerprint density at radius 1 is 0.440 bits per heavy atom. The van der Waals surface area contributed by atoms with E-state index in [0.29, 0.717) is 0 Å². The van der Waals surface area contributed by atoms with Crippen LogP contribution in [0.3, 0.4) is 0 Å². The van der Waals surface area contributed by atoms with Gasteiger partial charge in [0.1, 0.15) is 30.4 Å². The first kappa shape index (κ1) is 35.3. The normalized spacial score (nSPS) is 13.4. The SMILES string of the molecule is O=S(=O)([O-])C(Cl)(Cl)Cl.O=S(=O)([O-])C(Cl)(Cl)Cl.O=S(=O)([O-])C(Cl)(Cl)Cl.[Fe+3]. The van der Waals surface area contributed by atoms with Crippen molar-refractivity contribution in [2.75, 3.05) is 0 Å². The van der Waals surface area contributed by atoms with Crippen LogP contribution < -0.4 is 0 Å². The van der Waals surface area contributed by atoms with E-state index in [1.807, 2.05) is 0 Å². The molecule has 0 bridgehead atoms. The molecular formula is C3Cl9FeO9S3. The van der Waals surface area contributed by atoms with Crippen molar-refractivity contribution >= 4 is 135 Å². The first-order chi connectivity index (χ1) is 9.75. The molecule has 0 heterocycles. The summed E-state index contributed by atoms with van der Waals surface area (Å²) < 4.78 is 79.1. The van der Waals surface area contributed by atoms with Gasteiger partial charge in [-0.05, 0) is 0 Å². The van der Waals surface area contributed by atoms with E-state index in [9.17, 15) is 38.9 Å². The monoisotopic (exact) mass is 647 g/mol. The fraction of sp³-hybridized carbons (Fsp3) is 1.00. The predicted octanol–water partition coefficient (Wildman–Crippen LogP) is 2.58. The van der Waals surface area contributed by atoms with Crippen LogP contribution in [0.4, 0.5) is 0 Å². The minimum atomic E-state index is -4.79. The van der Waals surface area contributed by atoms with Gasteiger partial charge in [-0.15, -0.1) is 0 Å². The summed E-state index contributed by atoms with van der Waals surface area (Å²) >= 11 is 41.8. The molecule has 25 heavy (non-hydrogen) atoms. The Labute approximate surface area is 198 Å². The summed E-state index contributed by atoms with van der Waals surface area (Å²) in [5.74, 6) is 0. The average Bonchev–Trinajstić information content (AvgIpc) is 2.08. The Kier molecular flexibility index (Phi) is 16.8. The van der Waals surface area contributed by atoms with Gasteiger partial charge in [0.05, 0.1) is 0 Å². The molecule has 0 saturated carbocycles. The molecule has 0 atom stereocenters. The maximum atomic E-state index is 9.70. The maximum absolute atomic E-state index is 9.70. The van der Waals surface area contributed by atoms with Crippen molar-refractivity contribution < 1.29 is 56.0 Å². The molecule has 0 saturated heterocycles. The molecule has 0 aliphatic heterocycles. The van der Waals surface area contributed by atoms with E-state index in [1.54, 1.807) is 0 Å². The number of hydrogen-bond donors (Lipinski definition) is 0. The Morgan fingerprint density at radius 3 is 0.480 bits per heavy atom. The summed E-state index contributed by atoms with van der Waals surface area (Å²) in [6.45, 7) is 0. The van der Waals surface area contributed by atoms with Gasteiger partial charge in [-0.25, -0.2) is 25.3 Å². The quantitative estimate of drug-likeness (QED) is 0.217. The van der Waals surface area contributed by atoms with Gasteiger partial charge in [-0.2, -0.15) is 0 Å². The topological polar surface area (TPSA) is 172 Å². The van der Waals surface area contributed by atoms with Gasteiger partial charge in [-0.3, -0.25) is 0 Å². The Bertz CT molecular complexity index is 596. The molecule has 0 aromatic carbocycles. The Balaban J connectivity index is -0.000000130. The third-order valence-electron chi connectivity index (χ3n) is 0.850. The van der Waals surface area contributed by atoms with Crippen molar-refractivity contribution in [3.05, 3.63) is 0 Å². The van der Waals surface area contributed by atoms with Crippen LogP contribution in [0.5, 0.6) is 0 Å². The molecule has 0 unspecified atom stereocenters. The minimum absolute atomic E-state index is 0. The maximum Gasteiger partial charge on any atom is 3.00 e. The molecule has 0 aliphatic rings. The number of hydrogen-bond acceptors (Lipinski definition) is 9. The summed E-state index contributed by atoms with van der Waals surface area (Å²) in [4.78, 5) is 0. The summed E-state index contributed by atoms with van der Waals surface area (Å²) in [6.07, 6.45) is 0. The van der Waals surface area contributed by atoms with Gasteiger partial charge in [-0.1, -0.05) is 104 Å². The molecule has 9 nitrogen and oxygen atoms in total. The third-order valence-corrected chi connectivity index (χ3v) is 7.65. The fourth-order valence-corrected chi connectivity index (χ4v) is 0. The molecule has 155 valence electrons. The number of alkyl halides is 9. The van der Waals surface area contributed by atoms with Crippen LogP contribution in [0, 0.1) is 0 Å². The van der Waals surface area contributed by atoms with E-state index < -0.39 is 39.7 Å². The van der Waals surface area contributed by atoms with E-state index in [-0.39, 0.29) is 17.1 Å². The molecule has 0 aliphatic carbocycles. The largest absolute Gasteiger partial charge is 3.00 e. The van der Waals surface area contributed by atoms with E-state index in [2.05, 4.69) is 104 Å². The van der Waals surface area contributed by atoms with Crippen LogP contribution in [0.2, 0.25) is 0 Å². The van der Waals surface area contributed by atoms with E-state index in [4.69, 9.17) is 0 Å². The van der Waals surface area contributed by atoms with Crippen molar-refractivity contribution in [2.45, 2.75) is 9.37 Å². The fourth-order valence-electron chi connectivity index (χ4n) is 0. The van der Waals surface area contributed by atoms with Gasteiger partial charge >= 0.3 is 17.1 Å². The van der Waals surface area contributed by atoms with Crippen LogP contribution >= 0.6 is 104 Å². The van der Waals surface area contributed by atoms with Crippen molar-refractivity contribution in [2.24, 2.45) is 0 Å². The minimum Gasteiger partial charge on any atom is -0.745 e. The second-order valence-corrected chi connectivity index (χ2v) is 16.1. The van der Waals surface area contributed by atoms with Crippen molar-refractivity contribution in [3.63, 3.8) is 0 Å². The van der Waals surface area contributed by atoms with Gasteiger partial charge in [0.2, 0.25) is 0 Å². The Morgan fingerprint density at radius 2 is 0.480 bits per heavy atom. The van der Waals surface area contributed by atoms with E-state index in [1.165, 1.54) is 0 Å². The van der Waals surface area contributed by atoms with E-state index >= 15 is 0 Å². The second kappa shape index (κ2) is 11.9. The van der Waals surface area contributed by atoms with Crippen molar-refractivity contribution in [1.82, 2.24) is 0 Å². The molecule has 0 spiro atoms. The molecule has 0 amide bonds. The summed E-state index contributed by atoms with van der Waals surface area (Å²) in [6, 6.07) is 0. The van der Waals surface area contributed by atoms with Crippen LogP contribution in [-0.4, -0.2) is 48.3 Å². The van der Waals surface area contributed by atoms with Crippen LogP contribution in [0.1, 0.15) is 0 Å². The number of rotatable bonds is 0. The van der Waals surface area contributed by atoms with Crippen LogP contribution in [0.15, 0.2) is 0 Å². The summed E-state index contributed by atoms with van der Waals surface area (Å²) in [7, 11) is -14.4. The molecule has 22 heteroatoms. The van der Waals surface area contributed by atoms with Gasteiger partial charge in [0.15, 0.2) is 0 Å². The Hall–Kier alpha value is 2.86. The molecule has 1 radical (unpaired) electrons. The van der Waals surface area contributed by atoms with Gasteiger partial charge < -0.3 is 13.7 Å². The molecule has 0 fully saturated rings. The average molecular weight is 651 g/mol. The second-order valence-electron chi connectivity index (χ2n) is 2.70. The smallest absolute Gasteiger partial charge is 0.745 e. The number of halogens is 9. The van der Waals surface area contributed by atoms with Gasteiger partial charge in [0, 0.05) is 0 Å². The molecule has 0 N–H and O–H groups in total. The zero-order valence-electron chi connectivity index (χ0n) is 10.2. The van der Waals surface area contributed by atoms with Gasteiger partial charge in [0.25, 0.3) is 9.37 Å². The van der Waals surface area contributed by atoms with Crippen LogP contribution in [0.25, 0.3) is 0 Å². The zero-order valence-corrected chi connectivity index (χ0v) is 20.5. The van der Waals surface area contributed by atoms with E-state index in [0.717, 1.165) is 0 Å². The standard InChI is InChI=1S/3CHCl3O3S.Fe/c3*2-1(3,4)8(5,6)7;/h3*(H,5,6,7);/q;;;+3/p-3. The predicted molar refractivity (Wildman–Crippen MR) is 90.0 cm³/mol. The third kappa shape index (κ3) is 18.6. The molecular weight excluding hydrogens is 651 g/mol. The first-order valence-electron chi connectivity index (χ1n) is 3.81. The summed E-state index contributed by atoms with van der Waals surface area (Å²) in [5, 5.41) is 0. The van der Waals surface area contributed by atoms with Crippen molar-refractivity contribution in [3.8, 4) is 0 Å². The molecule has 0 aromatic heterocycles. The first-order valence-corrected chi connectivity index (χ1v) is 11.4. The van der Waals surface area contributed by atoms with Crippen LogP contribution in [-0.2, 0) is 47.4 Å².